The molecule has 1 atom stereocenters. The Labute approximate surface area is 188 Å². The summed E-state index contributed by atoms with van der Waals surface area (Å²) in [7, 11) is 1.36. The van der Waals surface area contributed by atoms with Gasteiger partial charge >= 0.3 is 5.97 Å². The van der Waals surface area contributed by atoms with Gasteiger partial charge in [0, 0.05) is 24.2 Å². The lowest BCUT2D eigenvalue weighted by Crippen LogP contribution is -2.33. The quantitative estimate of drug-likeness (QED) is 0.206. The van der Waals surface area contributed by atoms with Gasteiger partial charge in [0.25, 0.3) is 5.91 Å². The van der Waals surface area contributed by atoms with Gasteiger partial charge < -0.3 is 10.1 Å². The molecule has 0 aliphatic heterocycles. The number of benzene rings is 3. The van der Waals surface area contributed by atoms with Crippen molar-refractivity contribution in [2.24, 2.45) is 0 Å². The fraction of sp³-hybridized carbons (Fsp3) is 0.231. The van der Waals surface area contributed by atoms with Crippen LogP contribution in [0.2, 0.25) is 0 Å². The number of carbonyl (C=O) groups is 2. The maximum atomic E-state index is 13.1. The van der Waals surface area contributed by atoms with Gasteiger partial charge in [-0.3, -0.25) is 15.6 Å². The molecule has 6 heteroatoms. The first kappa shape index (κ1) is 23.2. The number of esters is 1. The molecule has 0 bridgehead atoms. The third kappa shape index (κ3) is 5.81. The van der Waals surface area contributed by atoms with Gasteiger partial charge in [-0.25, -0.2) is 4.79 Å². The monoisotopic (exact) mass is 431 g/mol. The van der Waals surface area contributed by atoms with E-state index in [1.54, 1.807) is 13.0 Å². The molecule has 3 N–H and O–H groups in total. The second-order valence-corrected chi connectivity index (χ2v) is 7.53. The lowest BCUT2D eigenvalue weighted by molar-refractivity contribution is -0.136. The normalized spacial score (nSPS) is 12.4. The Bertz CT molecular complexity index is 1120. The zero-order valence-corrected chi connectivity index (χ0v) is 18.6. The van der Waals surface area contributed by atoms with Gasteiger partial charge in [0.1, 0.15) is 0 Å². The van der Waals surface area contributed by atoms with E-state index >= 15 is 0 Å². The zero-order chi connectivity index (χ0) is 22.9. The SMILES string of the molecule is COC(=O)/C(C)=C/CNNCc1ccccc1C(=O)NC(C)c1cccc2ccccc12. The van der Waals surface area contributed by atoms with Crippen molar-refractivity contribution in [1.29, 1.82) is 0 Å². The van der Waals surface area contributed by atoms with E-state index < -0.39 is 0 Å². The summed E-state index contributed by atoms with van der Waals surface area (Å²) in [4.78, 5) is 24.4. The van der Waals surface area contributed by atoms with E-state index in [0.717, 1.165) is 21.9 Å². The van der Waals surface area contributed by atoms with E-state index in [9.17, 15) is 9.59 Å². The second-order valence-electron chi connectivity index (χ2n) is 7.53. The maximum Gasteiger partial charge on any atom is 0.333 e. The van der Waals surface area contributed by atoms with Crippen LogP contribution in [0.4, 0.5) is 0 Å². The van der Waals surface area contributed by atoms with Gasteiger partial charge in [-0.05, 0) is 41.8 Å². The minimum Gasteiger partial charge on any atom is -0.466 e. The zero-order valence-electron chi connectivity index (χ0n) is 18.6. The lowest BCUT2D eigenvalue weighted by Gasteiger charge is -2.18. The van der Waals surface area contributed by atoms with Gasteiger partial charge in [0.05, 0.1) is 13.2 Å². The summed E-state index contributed by atoms with van der Waals surface area (Å²) in [5, 5.41) is 5.42. The Kier molecular flexibility index (Phi) is 8.14. The van der Waals surface area contributed by atoms with Crippen molar-refractivity contribution in [3.63, 3.8) is 0 Å². The molecule has 3 rings (SSSR count). The third-order valence-corrected chi connectivity index (χ3v) is 5.32. The first-order chi connectivity index (χ1) is 15.5. The van der Waals surface area contributed by atoms with Crippen LogP contribution in [0.5, 0.6) is 0 Å². The Morgan fingerprint density at radius 1 is 0.969 bits per heavy atom. The van der Waals surface area contributed by atoms with Crippen molar-refractivity contribution < 1.29 is 14.3 Å². The van der Waals surface area contributed by atoms with Gasteiger partial charge in [-0.1, -0.05) is 66.7 Å². The summed E-state index contributed by atoms with van der Waals surface area (Å²) in [6, 6.07) is 21.7. The number of methoxy groups -OCH3 is 1. The third-order valence-electron chi connectivity index (χ3n) is 5.32. The van der Waals surface area contributed by atoms with Gasteiger partial charge in [-0.15, -0.1) is 0 Å². The molecule has 0 radical (unpaired) electrons. The number of hydrogen-bond donors (Lipinski definition) is 3. The van der Waals surface area contributed by atoms with Crippen molar-refractivity contribution in [3.05, 3.63) is 95.1 Å². The fourth-order valence-corrected chi connectivity index (χ4v) is 3.55. The predicted octanol–water partition coefficient (Wildman–Crippen LogP) is 4.04. The Balaban J connectivity index is 1.63. The van der Waals surface area contributed by atoms with E-state index in [2.05, 4.69) is 45.2 Å². The van der Waals surface area contributed by atoms with E-state index in [4.69, 9.17) is 0 Å². The van der Waals surface area contributed by atoms with Gasteiger partial charge in [0.2, 0.25) is 0 Å². The van der Waals surface area contributed by atoms with E-state index in [0.29, 0.717) is 24.2 Å². The van der Waals surface area contributed by atoms with Crippen LogP contribution in [0.25, 0.3) is 10.8 Å². The molecular weight excluding hydrogens is 402 g/mol. The average Bonchev–Trinajstić information content (AvgIpc) is 2.82. The molecule has 6 nitrogen and oxygen atoms in total. The molecular formula is C26H29N3O3. The standard InChI is InChI=1S/C26H29N3O3/c1-18(26(31)32-3)15-16-27-28-17-21-10-5-7-13-24(21)25(30)29-19(2)22-14-8-11-20-9-4-6-12-23(20)22/h4-15,19,27-28H,16-17H2,1-3H3,(H,29,30)/b18-15+. The summed E-state index contributed by atoms with van der Waals surface area (Å²) in [6.45, 7) is 4.60. The number of amides is 1. The molecule has 0 fully saturated rings. The molecule has 32 heavy (non-hydrogen) atoms. The second kappa shape index (κ2) is 11.2. The smallest absolute Gasteiger partial charge is 0.333 e. The summed E-state index contributed by atoms with van der Waals surface area (Å²) < 4.78 is 4.67. The molecule has 1 unspecified atom stereocenters. The van der Waals surface area contributed by atoms with Crippen LogP contribution in [0.1, 0.15) is 41.4 Å². The number of rotatable bonds is 9. The van der Waals surface area contributed by atoms with Crippen LogP contribution in [-0.4, -0.2) is 25.5 Å². The lowest BCUT2D eigenvalue weighted by atomic mass is 9.99. The molecule has 0 saturated heterocycles. The molecule has 166 valence electrons. The highest BCUT2D eigenvalue weighted by Gasteiger charge is 2.16. The molecule has 0 saturated carbocycles. The molecule has 3 aromatic carbocycles. The molecule has 0 heterocycles. The first-order valence-electron chi connectivity index (χ1n) is 10.6. The number of nitrogens with one attached hydrogen (secondary N) is 3. The number of hydrogen-bond acceptors (Lipinski definition) is 5. The maximum absolute atomic E-state index is 13.1. The van der Waals surface area contributed by atoms with Gasteiger partial charge in [-0.2, -0.15) is 0 Å². The van der Waals surface area contributed by atoms with Crippen molar-refractivity contribution in [3.8, 4) is 0 Å². The highest BCUT2D eigenvalue weighted by atomic mass is 16.5. The van der Waals surface area contributed by atoms with Crippen molar-refractivity contribution >= 4 is 22.6 Å². The Morgan fingerprint density at radius 2 is 1.69 bits per heavy atom. The molecule has 3 aromatic rings. The number of carbonyl (C=O) groups excluding carboxylic acids is 2. The van der Waals surface area contributed by atoms with Crippen LogP contribution in [0.3, 0.4) is 0 Å². The minimum atomic E-state index is -0.353. The largest absolute Gasteiger partial charge is 0.466 e. The van der Waals surface area contributed by atoms with Gasteiger partial charge in [0.15, 0.2) is 0 Å². The van der Waals surface area contributed by atoms with Crippen LogP contribution < -0.4 is 16.2 Å². The first-order valence-corrected chi connectivity index (χ1v) is 10.6. The van der Waals surface area contributed by atoms with Crippen LogP contribution in [0, 0.1) is 0 Å². The van der Waals surface area contributed by atoms with Crippen molar-refractivity contribution in [1.82, 2.24) is 16.2 Å². The van der Waals surface area contributed by atoms with E-state index in [-0.39, 0.29) is 17.9 Å². The number of ether oxygens (including phenoxy) is 1. The molecule has 0 aromatic heterocycles. The summed E-state index contributed by atoms with van der Waals surface area (Å²) >= 11 is 0. The summed E-state index contributed by atoms with van der Waals surface area (Å²) in [5.74, 6) is -0.474. The van der Waals surface area contributed by atoms with E-state index in [1.165, 1.54) is 7.11 Å². The molecule has 0 spiro atoms. The fourth-order valence-electron chi connectivity index (χ4n) is 3.55. The molecule has 1 amide bonds. The molecule has 0 aliphatic rings. The van der Waals surface area contributed by atoms with Crippen molar-refractivity contribution in [2.75, 3.05) is 13.7 Å². The Morgan fingerprint density at radius 3 is 2.50 bits per heavy atom. The predicted molar refractivity (Wildman–Crippen MR) is 127 cm³/mol. The topological polar surface area (TPSA) is 79.5 Å². The highest BCUT2D eigenvalue weighted by molar-refractivity contribution is 5.96. The summed E-state index contributed by atoms with van der Waals surface area (Å²) in [6.07, 6.45) is 1.74. The van der Waals surface area contributed by atoms with Crippen LogP contribution in [-0.2, 0) is 16.1 Å². The number of hydrazine groups is 1. The number of fused-ring (bicyclic) bond motifs is 1. The van der Waals surface area contributed by atoms with Crippen molar-refractivity contribution in [2.45, 2.75) is 26.4 Å². The summed E-state index contributed by atoms with van der Waals surface area (Å²) in [5.41, 5.74) is 9.23. The van der Waals surface area contributed by atoms with Crippen LogP contribution >= 0.6 is 0 Å². The molecule has 0 aliphatic carbocycles. The Hall–Kier alpha value is -3.48. The van der Waals surface area contributed by atoms with Crippen LogP contribution in [0.15, 0.2) is 78.4 Å². The van der Waals surface area contributed by atoms with E-state index in [1.807, 2.05) is 49.4 Å². The average molecular weight is 432 g/mol. The minimum absolute atomic E-state index is 0.121. The highest BCUT2D eigenvalue weighted by Crippen LogP contribution is 2.24.